The molecule has 0 aliphatic carbocycles. The summed E-state index contributed by atoms with van der Waals surface area (Å²) in [6, 6.07) is 5.14. The predicted octanol–water partition coefficient (Wildman–Crippen LogP) is 2.43. The molecule has 0 N–H and O–H groups in total. The number of oxazole rings is 1. The first-order chi connectivity index (χ1) is 7.20. The van der Waals surface area contributed by atoms with Crippen LogP contribution < -0.4 is 4.74 Å². The molecule has 1 heterocycles. The van der Waals surface area contributed by atoms with Crippen molar-refractivity contribution in [2.75, 3.05) is 6.61 Å². The van der Waals surface area contributed by atoms with Crippen LogP contribution in [0.5, 0.6) is 6.08 Å². The third-order valence-electron chi connectivity index (χ3n) is 2.04. The Balaban J connectivity index is 2.47. The Morgan fingerprint density at radius 3 is 3.00 bits per heavy atom. The highest BCUT2D eigenvalue weighted by Crippen LogP contribution is 2.21. The van der Waals surface area contributed by atoms with E-state index in [1.807, 2.05) is 6.92 Å². The Bertz CT molecular complexity index is 502. The smallest absolute Gasteiger partial charge is 0.394 e. The minimum atomic E-state index is 0.0119. The van der Waals surface area contributed by atoms with Crippen molar-refractivity contribution >= 4 is 16.9 Å². The number of benzene rings is 1. The van der Waals surface area contributed by atoms with Crippen LogP contribution in [0.25, 0.3) is 11.1 Å². The summed E-state index contributed by atoms with van der Waals surface area (Å²) in [5.41, 5.74) is 1.90. The zero-order chi connectivity index (χ0) is 10.8. The fourth-order valence-corrected chi connectivity index (χ4v) is 1.31. The molecule has 2 aromatic rings. The Kier molecular flexibility index (Phi) is 2.41. The second kappa shape index (κ2) is 3.73. The van der Waals surface area contributed by atoms with E-state index in [1.54, 1.807) is 18.2 Å². The molecule has 0 spiro atoms. The highest BCUT2D eigenvalue weighted by molar-refractivity contribution is 5.96. The summed E-state index contributed by atoms with van der Waals surface area (Å²) in [7, 11) is 0. The quantitative estimate of drug-likeness (QED) is 0.722. The second-order valence-corrected chi connectivity index (χ2v) is 3.15. The number of nitrogens with zero attached hydrogens (tertiary/aromatic N) is 1. The van der Waals surface area contributed by atoms with Crippen molar-refractivity contribution in [2.45, 2.75) is 13.8 Å². The number of fused-ring (bicyclic) bond motifs is 1. The van der Waals surface area contributed by atoms with Crippen molar-refractivity contribution in [3.8, 4) is 6.08 Å². The Hall–Kier alpha value is -1.84. The van der Waals surface area contributed by atoms with Crippen LogP contribution >= 0.6 is 0 Å². The maximum atomic E-state index is 11.1. The van der Waals surface area contributed by atoms with E-state index in [4.69, 9.17) is 9.15 Å². The largest absolute Gasteiger partial charge is 0.450 e. The topological polar surface area (TPSA) is 52.3 Å². The molecular weight excluding hydrogens is 194 g/mol. The molecule has 0 fully saturated rings. The fourth-order valence-electron chi connectivity index (χ4n) is 1.31. The number of hydrogen-bond donors (Lipinski definition) is 0. The first-order valence-electron chi connectivity index (χ1n) is 4.75. The highest BCUT2D eigenvalue weighted by Gasteiger charge is 2.08. The van der Waals surface area contributed by atoms with Crippen LogP contribution in [0.15, 0.2) is 22.6 Å². The molecule has 0 aliphatic heterocycles. The molecule has 78 valence electrons. The molecule has 15 heavy (non-hydrogen) atoms. The summed E-state index contributed by atoms with van der Waals surface area (Å²) in [6.07, 6.45) is 0.244. The van der Waals surface area contributed by atoms with Gasteiger partial charge in [-0.15, -0.1) is 0 Å². The van der Waals surface area contributed by atoms with Gasteiger partial charge >= 0.3 is 6.08 Å². The maximum absolute atomic E-state index is 11.1. The lowest BCUT2D eigenvalue weighted by Gasteiger charge is -1.92. The van der Waals surface area contributed by atoms with Crippen molar-refractivity contribution in [1.82, 2.24) is 4.98 Å². The molecule has 0 radical (unpaired) electrons. The molecule has 0 atom stereocenters. The van der Waals surface area contributed by atoms with Gasteiger partial charge in [0.2, 0.25) is 0 Å². The van der Waals surface area contributed by atoms with Crippen LogP contribution in [0.2, 0.25) is 0 Å². The van der Waals surface area contributed by atoms with E-state index >= 15 is 0 Å². The lowest BCUT2D eigenvalue weighted by atomic mass is 10.1. The number of rotatable bonds is 3. The summed E-state index contributed by atoms with van der Waals surface area (Å²) in [5, 5.41) is 0. The Labute approximate surface area is 86.9 Å². The van der Waals surface area contributed by atoms with E-state index in [0.717, 1.165) is 0 Å². The monoisotopic (exact) mass is 205 g/mol. The average molecular weight is 205 g/mol. The molecule has 4 heteroatoms. The summed E-state index contributed by atoms with van der Waals surface area (Å²) in [6.45, 7) is 3.88. The van der Waals surface area contributed by atoms with Gasteiger partial charge in [0, 0.05) is 5.56 Å². The molecule has 2 rings (SSSR count). The zero-order valence-corrected chi connectivity index (χ0v) is 8.61. The van der Waals surface area contributed by atoms with Crippen LogP contribution in [-0.2, 0) is 0 Å². The molecule has 0 saturated carbocycles. The van der Waals surface area contributed by atoms with E-state index < -0.39 is 0 Å². The van der Waals surface area contributed by atoms with E-state index in [9.17, 15) is 4.79 Å². The van der Waals surface area contributed by atoms with Crippen molar-refractivity contribution < 1.29 is 13.9 Å². The summed E-state index contributed by atoms with van der Waals surface area (Å²) in [5.74, 6) is 0.0119. The lowest BCUT2D eigenvalue weighted by molar-refractivity contribution is 0.101. The Morgan fingerprint density at radius 2 is 2.33 bits per heavy atom. The van der Waals surface area contributed by atoms with Gasteiger partial charge in [-0.2, -0.15) is 4.98 Å². The van der Waals surface area contributed by atoms with Crippen LogP contribution in [-0.4, -0.2) is 17.4 Å². The molecule has 0 aliphatic rings. The van der Waals surface area contributed by atoms with Crippen LogP contribution in [0.4, 0.5) is 0 Å². The lowest BCUT2D eigenvalue weighted by Crippen LogP contribution is -1.91. The summed E-state index contributed by atoms with van der Waals surface area (Å²) < 4.78 is 10.4. The van der Waals surface area contributed by atoms with Gasteiger partial charge in [-0.25, -0.2) is 0 Å². The van der Waals surface area contributed by atoms with Gasteiger partial charge in [-0.3, -0.25) is 4.79 Å². The Morgan fingerprint density at radius 1 is 1.53 bits per heavy atom. The minimum absolute atomic E-state index is 0.0119. The van der Waals surface area contributed by atoms with Gasteiger partial charge in [0.1, 0.15) is 5.52 Å². The third-order valence-corrected chi connectivity index (χ3v) is 2.04. The standard InChI is InChI=1S/C11H11NO3/c1-3-14-11-12-9-6-8(7(2)13)4-5-10(9)15-11/h4-6H,3H2,1-2H3. The van der Waals surface area contributed by atoms with Gasteiger partial charge in [-0.1, -0.05) is 0 Å². The van der Waals surface area contributed by atoms with Gasteiger partial charge in [0.05, 0.1) is 6.61 Å². The molecule has 1 aromatic carbocycles. The molecule has 0 amide bonds. The predicted molar refractivity (Wildman–Crippen MR) is 55.2 cm³/mol. The number of carbonyl (C=O) groups is 1. The van der Waals surface area contributed by atoms with Gasteiger partial charge < -0.3 is 9.15 Å². The van der Waals surface area contributed by atoms with Crippen LogP contribution in [0.3, 0.4) is 0 Å². The number of aromatic nitrogens is 1. The number of carbonyl (C=O) groups excluding carboxylic acids is 1. The van der Waals surface area contributed by atoms with Crippen molar-refractivity contribution in [2.24, 2.45) is 0 Å². The molecule has 1 aromatic heterocycles. The van der Waals surface area contributed by atoms with Crippen molar-refractivity contribution in [1.29, 1.82) is 0 Å². The minimum Gasteiger partial charge on any atom is -0.450 e. The van der Waals surface area contributed by atoms with E-state index in [-0.39, 0.29) is 11.9 Å². The van der Waals surface area contributed by atoms with Crippen molar-refractivity contribution in [3.63, 3.8) is 0 Å². The van der Waals surface area contributed by atoms with E-state index in [0.29, 0.717) is 23.3 Å². The average Bonchev–Trinajstić information content (AvgIpc) is 2.59. The normalized spacial score (nSPS) is 10.5. The van der Waals surface area contributed by atoms with Crippen molar-refractivity contribution in [3.05, 3.63) is 23.8 Å². The number of ketones is 1. The van der Waals surface area contributed by atoms with Gasteiger partial charge in [0.15, 0.2) is 11.4 Å². The number of ether oxygens (including phenoxy) is 1. The maximum Gasteiger partial charge on any atom is 0.394 e. The second-order valence-electron chi connectivity index (χ2n) is 3.15. The fraction of sp³-hybridized carbons (Fsp3) is 0.273. The van der Waals surface area contributed by atoms with Gasteiger partial charge in [0.25, 0.3) is 0 Å². The molecule has 4 nitrogen and oxygen atoms in total. The molecular formula is C11H11NO3. The molecule has 0 unspecified atom stereocenters. The number of Topliss-reactive ketones (excluding diaryl/α,β-unsaturated/α-hetero) is 1. The zero-order valence-electron chi connectivity index (χ0n) is 8.61. The van der Waals surface area contributed by atoms with Crippen LogP contribution in [0.1, 0.15) is 24.2 Å². The van der Waals surface area contributed by atoms with E-state index in [1.165, 1.54) is 6.92 Å². The first-order valence-corrected chi connectivity index (χ1v) is 4.75. The highest BCUT2D eigenvalue weighted by atomic mass is 16.6. The molecule has 0 bridgehead atoms. The SMILES string of the molecule is CCOc1nc2cc(C(C)=O)ccc2o1. The van der Waals surface area contributed by atoms with E-state index in [2.05, 4.69) is 4.98 Å². The summed E-state index contributed by atoms with van der Waals surface area (Å²) >= 11 is 0. The van der Waals surface area contributed by atoms with Crippen LogP contribution in [0, 0.1) is 0 Å². The third kappa shape index (κ3) is 1.83. The number of hydrogen-bond acceptors (Lipinski definition) is 4. The van der Waals surface area contributed by atoms with Gasteiger partial charge in [-0.05, 0) is 32.0 Å². The first kappa shape index (κ1) is 9.71. The summed E-state index contributed by atoms with van der Waals surface area (Å²) in [4.78, 5) is 15.2. The molecule has 0 saturated heterocycles.